The van der Waals surface area contributed by atoms with Crippen LogP contribution in [-0.4, -0.2) is 35.2 Å². The molecule has 0 aliphatic carbocycles. The molecule has 0 spiro atoms. The summed E-state index contributed by atoms with van der Waals surface area (Å²) in [6.07, 6.45) is 3.65. The number of aromatic nitrogens is 3. The van der Waals surface area contributed by atoms with Crippen LogP contribution in [0.1, 0.15) is 12.6 Å². The zero-order chi connectivity index (χ0) is 14.5. The van der Waals surface area contributed by atoms with Crippen LogP contribution in [0.2, 0.25) is 0 Å². The molecule has 20 heavy (non-hydrogen) atoms. The molecule has 0 saturated carbocycles. The third-order valence-electron chi connectivity index (χ3n) is 2.96. The molecule has 0 unspecified atom stereocenters. The van der Waals surface area contributed by atoms with Crippen molar-refractivity contribution in [2.45, 2.75) is 13.5 Å². The van der Waals surface area contributed by atoms with E-state index in [1.165, 1.54) is 0 Å². The lowest BCUT2D eigenvalue weighted by Crippen LogP contribution is -2.15. The molecule has 0 aliphatic heterocycles. The molecule has 0 fully saturated rings. The number of hydrogen-bond donors (Lipinski definition) is 1. The van der Waals surface area contributed by atoms with Gasteiger partial charge in [-0.25, -0.2) is 9.97 Å². The summed E-state index contributed by atoms with van der Waals surface area (Å²) in [5.74, 6) is 1.58. The maximum absolute atomic E-state index is 5.31. The zero-order valence-corrected chi connectivity index (χ0v) is 12.4. The van der Waals surface area contributed by atoms with Gasteiger partial charge in [0.2, 0.25) is 11.8 Å². The molecule has 0 radical (unpaired) electrons. The Morgan fingerprint density at radius 3 is 2.60 bits per heavy atom. The van der Waals surface area contributed by atoms with E-state index in [9.17, 15) is 0 Å². The highest BCUT2D eigenvalue weighted by Crippen LogP contribution is 2.15. The number of nitrogens with one attached hydrogen (secondary N) is 1. The van der Waals surface area contributed by atoms with Gasteiger partial charge in [0, 0.05) is 27.2 Å². The lowest BCUT2D eigenvalue weighted by atomic mass is 10.4. The van der Waals surface area contributed by atoms with Gasteiger partial charge in [-0.1, -0.05) is 0 Å². The highest BCUT2D eigenvalue weighted by atomic mass is 16.5. The van der Waals surface area contributed by atoms with Crippen LogP contribution in [0.5, 0.6) is 5.88 Å². The first-order valence-electron chi connectivity index (χ1n) is 6.62. The minimum Gasteiger partial charge on any atom is -0.478 e. The first-order valence-corrected chi connectivity index (χ1v) is 6.62. The van der Waals surface area contributed by atoms with Gasteiger partial charge in [0.15, 0.2) is 0 Å². The molecule has 108 valence electrons. The third kappa shape index (κ3) is 3.20. The highest BCUT2D eigenvalue weighted by Gasteiger charge is 2.07. The summed E-state index contributed by atoms with van der Waals surface area (Å²) < 4.78 is 7.38. The fourth-order valence-corrected chi connectivity index (χ4v) is 1.92. The number of anilines is 2. The average molecular weight is 275 g/mol. The molecule has 2 heterocycles. The summed E-state index contributed by atoms with van der Waals surface area (Å²) in [6, 6.07) is 3.82. The molecule has 0 atom stereocenters. The molecule has 2 aromatic rings. The summed E-state index contributed by atoms with van der Waals surface area (Å²) in [7, 11) is 5.97. The van der Waals surface area contributed by atoms with Crippen molar-refractivity contribution in [3.8, 4) is 5.88 Å². The van der Waals surface area contributed by atoms with Gasteiger partial charge in [0.05, 0.1) is 36.9 Å². The van der Waals surface area contributed by atoms with E-state index in [-0.39, 0.29) is 0 Å². The van der Waals surface area contributed by atoms with Gasteiger partial charge in [-0.15, -0.1) is 0 Å². The average Bonchev–Trinajstić information content (AvgIpc) is 2.80. The van der Waals surface area contributed by atoms with Gasteiger partial charge in [-0.05, 0) is 13.0 Å². The van der Waals surface area contributed by atoms with Crippen LogP contribution in [0.25, 0.3) is 0 Å². The highest BCUT2D eigenvalue weighted by molar-refractivity contribution is 5.43. The van der Waals surface area contributed by atoms with E-state index in [2.05, 4.69) is 19.9 Å². The molecule has 1 N–H and O–H groups in total. The smallest absolute Gasteiger partial charge is 0.213 e. The first-order chi connectivity index (χ1) is 9.61. The standard InChI is InChI=1S/C14H21N5O/c1-5-20-13-7-6-11(8-16-13)15-9-12-10-17-14(18(2)3)19(12)4/h6-8,10,15H,5,9H2,1-4H3. The Hall–Kier alpha value is -2.24. The maximum atomic E-state index is 5.31. The Balaban J connectivity index is 1.98. The van der Waals surface area contributed by atoms with Crippen LogP contribution < -0.4 is 15.0 Å². The predicted octanol–water partition coefficient (Wildman–Crippen LogP) is 1.89. The van der Waals surface area contributed by atoms with Crippen molar-refractivity contribution in [3.63, 3.8) is 0 Å². The maximum Gasteiger partial charge on any atom is 0.213 e. The second kappa shape index (κ2) is 6.27. The predicted molar refractivity (Wildman–Crippen MR) is 80.3 cm³/mol. The Labute approximate surface area is 119 Å². The molecule has 2 rings (SSSR count). The SMILES string of the molecule is CCOc1ccc(NCc2cnc(N(C)C)n2C)cn1. The second-order valence-electron chi connectivity index (χ2n) is 4.67. The Kier molecular flexibility index (Phi) is 4.45. The third-order valence-corrected chi connectivity index (χ3v) is 2.96. The van der Waals surface area contributed by atoms with Crippen molar-refractivity contribution in [3.05, 3.63) is 30.2 Å². The number of ether oxygens (including phenoxy) is 1. The van der Waals surface area contributed by atoms with Gasteiger partial charge in [0.1, 0.15) is 0 Å². The quantitative estimate of drug-likeness (QED) is 0.872. The summed E-state index contributed by atoms with van der Waals surface area (Å²) in [6.45, 7) is 3.27. The minimum absolute atomic E-state index is 0.627. The molecular weight excluding hydrogens is 254 g/mol. The van der Waals surface area contributed by atoms with E-state index >= 15 is 0 Å². The lowest BCUT2D eigenvalue weighted by Gasteiger charge is -2.13. The van der Waals surface area contributed by atoms with Crippen molar-refractivity contribution in [2.75, 3.05) is 30.9 Å². The van der Waals surface area contributed by atoms with Crippen molar-refractivity contribution in [1.29, 1.82) is 0 Å². The van der Waals surface area contributed by atoms with Crippen LogP contribution in [0.15, 0.2) is 24.5 Å². The Morgan fingerprint density at radius 2 is 2.05 bits per heavy atom. The molecule has 2 aromatic heterocycles. The molecule has 6 heteroatoms. The summed E-state index contributed by atoms with van der Waals surface area (Å²) >= 11 is 0. The molecule has 0 saturated heterocycles. The molecular formula is C14H21N5O. The van der Waals surface area contributed by atoms with Crippen molar-refractivity contribution in [1.82, 2.24) is 14.5 Å². The topological polar surface area (TPSA) is 55.2 Å². The van der Waals surface area contributed by atoms with Crippen molar-refractivity contribution >= 4 is 11.6 Å². The van der Waals surface area contributed by atoms with E-state index in [1.54, 1.807) is 6.20 Å². The molecule has 0 aromatic carbocycles. The van der Waals surface area contributed by atoms with E-state index < -0.39 is 0 Å². The van der Waals surface area contributed by atoms with Crippen molar-refractivity contribution in [2.24, 2.45) is 7.05 Å². The monoisotopic (exact) mass is 275 g/mol. The number of nitrogens with zero attached hydrogens (tertiary/aromatic N) is 4. The number of rotatable bonds is 6. The van der Waals surface area contributed by atoms with Gasteiger partial charge in [-0.3, -0.25) is 0 Å². The van der Waals surface area contributed by atoms with Crippen molar-refractivity contribution < 1.29 is 4.74 Å². The Morgan fingerprint density at radius 1 is 1.25 bits per heavy atom. The zero-order valence-electron chi connectivity index (χ0n) is 12.4. The summed E-state index contributed by atoms with van der Waals surface area (Å²) in [5, 5.41) is 3.33. The largest absolute Gasteiger partial charge is 0.478 e. The normalized spacial score (nSPS) is 10.4. The fraction of sp³-hybridized carbons (Fsp3) is 0.429. The number of pyridine rings is 1. The summed E-state index contributed by atoms with van der Waals surface area (Å²) in [5.41, 5.74) is 2.07. The number of hydrogen-bond acceptors (Lipinski definition) is 5. The fourth-order valence-electron chi connectivity index (χ4n) is 1.92. The molecule has 0 aliphatic rings. The van der Waals surface area contributed by atoms with Gasteiger partial charge in [0.25, 0.3) is 0 Å². The molecule has 0 bridgehead atoms. The summed E-state index contributed by atoms with van der Waals surface area (Å²) in [4.78, 5) is 10.6. The van der Waals surface area contributed by atoms with Gasteiger partial charge >= 0.3 is 0 Å². The van der Waals surface area contributed by atoms with E-state index in [0.717, 1.165) is 17.3 Å². The second-order valence-corrected chi connectivity index (χ2v) is 4.67. The minimum atomic E-state index is 0.627. The van der Waals surface area contributed by atoms with Gasteiger partial charge < -0.3 is 19.5 Å². The first kappa shape index (κ1) is 14.2. The van der Waals surface area contributed by atoms with E-state index in [4.69, 9.17) is 4.74 Å². The van der Waals surface area contributed by atoms with Crippen LogP contribution in [-0.2, 0) is 13.6 Å². The van der Waals surface area contributed by atoms with Crippen LogP contribution >= 0.6 is 0 Å². The number of imidazole rings is 1. The lowest BCUT2D eigenvalue weighted by molar-refractivity contribution is 0.327. The Bertz CT molecular complexity index is 547. The molecule has 0 amide bonds. The van der Waals surface area contributed by atoms with Crippen LogP contribution in [0.4, 0.5) is 11.6 Å². The van der Waals surface area contributed by atoms with E-state index in [0.29, 0.717) is 19.0 Å². The molecule has 6 nitrogen and oxygen atoms in total. The van der Waals surface area contributed by atoms with Crippen LogP contribution in [0, 0.1) is 0 Å². The van der Waals surface area contributed by atoms with Gasteiger partial charge in [-0.2, -0.15) is 0 Å². The van der Waals surface area contributed by atoms with E-state index in [1.807, 2.05) is 51.3 Å². The van der Waals surface area contributed by atoms with Crippen LogP contribution in [0.3, 0.4) is 0 Å².